The number of carbonyl (C=O) groups excluding carboxylic acids is 1. The summed E-state index contributed by atoms with van der Waals surface area (Å²) in [6.07, 6.45) is 1.26. The molecule has 0 saturated heterocycles. The number of halogens is 1. The molecule has 1 aromatic carbocycles. The lowest BCUT2D eigenvalue weighted by molar-refractivity contribution is -0.136. The van der Waals surface area contributed by atoms with Crippen molar-refractivity contribution in [2.45, 2.75) is 0 Å². The maximum Gasteiger partial charge on any atom is 0.355 e. The first-order chi connectivity index (χ1) is 8.62. The molecule has 18 heavy (non-hydrogen) atoms. The number of hydrazine groups is 2. The van der Waals surface area contributed by atoms with Crippen molar-refractivity contribution in [3.63, 3.8) is 0 Å². The number of nitrogens with one attached hydrogen (secondary N) is 2. The number of esters is 1. The molecule has 4 N–H and O–H groups in total. The molecule has 98 valence electrons. The minimum absolute atomic E-state index is 0.0240. The van der Waals surface area contributed by atoms with Crippen LogP contribution in [0, 0.1) is 5.82 Å². The Bertz CT molecular complexity index is 463. The highest BCUT2D eigenvalue weighted by Crippen LogP contribution is 2.18. The first-order valence-electron chi connectivity index (χ1n) is 4.97. The van der Waals surface area contributed by atoms with E-state index in [0.29, 0.717) is 5.75 Å². The van der Waals surface area contributed by atoms with E-state index in [1.165, 1.54) is 32.4 Å². The summed E-state index contributed by atoms with van der Waals surface area (Å²) >= 11 is 0. The summed E-state index contributed by atoms with van der Waals surface area (Å²) in [7, 11) is 2.64. The standard InChI is InChI=1S/C11H14FN3O3/c1-17-8-4-3-7(9(12)6-8)5-10(14-15-13)11(16)18-2/h3-6,14-15H,13H2,1-2H3/b10-5-. The van der Waals surface area contributed by atoms with Crippen LogP contribution < -0.4 is 21.5 Å². The normalized spacial score (nSPS) is 11.0. The van der Waals surface area contributed by atoms with Crippen LogP contribution in [-0.2, 0) is 9.53 Å². The first kappa shape index (κ1) is 13.9. The van der Waals surface area contributed by atoms with Crippen molar-refractivity contribution in [3.05, 3.63) is 35.3 Å². The minimum Gasteiger partial charge on any atom is -0.497 e. The second kappa shape index (κ2) is 6.58. The van der Waals surface area contributed by atoms with Crippen LogP contribution >= 0.6 is 0 Å². The molecule has 6 nitrogen and oxygen atoms in total. The smallest absolute Gasteiger partial charge is 0.355 e. The lowest BCUT2D eigenvalue weighted by Gasteiger charge is -2.08. The van der Waals surface area contributed by atoms with Crippen LogP contribution in [0.1, 0.15) is 5.56 Å². The van der Waals surface area contributed by atoms with E-state index in [1.807, 2.05) is 0 Å². The van der Waals surface area contributed by atoms with Gasteiger partial charge in [0.25, 0.3) is 0 Å². The van der Waals surface area contributed by atoms with E-state index >= 15 is 0 Å². The monoisotopic (exact) mass is 255 g/mol. The van der Waals surface area contributed by atoms with Gasteiger partial charge in [0.2, 0.25) is 0 Å². The van der Waals surface area contributed by atoms with E-state index in [2.05, 4.69) is 15.7 Å². The van der Waals surface area contributed by atoms with Crippen molar-refractivity contribution in [2.75, 3.05) is 14.2 Å². The van der Waals surface area contributed by atoms with Gasteiger partial charge in [-0.1, -0.05) is 0 Å². The molecule has 0 atom stereocenters. The van der Waals surface area contributed by atoms with Crippen LogP contribution in [0.15, 0.2) is 23.9 Å². The molecule has 0 aliphatic carbocycles. The predicted molar refractivity (Wildman–Crippen MR) is 63.4 cm³/mol. The van der Waals surface area contributed by atoms with Gasteiger partial charge in [-0.15, -0.1) is 0 Å². The van der Waals surface area contributed by atoms with E-state index in [9.17, 15) is 9.18 Å². The molecule has 0 aliphatic rings. The molecule has 0 radical (unpaired) electrons. The first-order valence-corrected chi connectivity index (χ1v) is 4.97. The number of ether oxygens (including phenoxy) is 2. The molecule has 7 heteroatoms. The third-order valence-corrected chi connectivity index (χ3v) is 2.12. The number of hydrogen-bond acceptors (Lipinski definition) is 6. The number of carbonyl (C=O) groups is 1. The van der Waals surface area contributed by atoms with Gasteiger partial charge >= 0.3 is 5.97 Å². The average molecular weight is 255 g/mol. The van der Waals surface area contributed by atoms with Crippen LogP contribution in [-0.4, -0.2) is 20.2 Å². The topological polar surface area (TPSA) is 85.6 Å². The third-order valence-electron chi connectivity index (χ3n) is 2.12. The Morgan fingerprint density at radius 3 is 2.67 bits per heavy atom. The Labute approximate surface area is 104 Å². The van der Waals surface area contributed by atoms with E-state index in [0.717, 1.165) is 0 Å². The van der Waals surface area contributed by atoms with Crippen LogP contribution in [0.3, 0.4) is 0 Å². The lowest BCUT2D eigenvalue weighted by atomic mass is 10.1. The SMILES string of the molecule is COC(=O)/C(=C/c1ccc(OC)cc1F)NNN. The molecule has 0 fully saturated rings. The highest BCUT2D eigenvalue weighted by Gasteiger charge is 2.10. The van der Waals surface area contributed by atoms with E-state index < -0.39 is 11.8 Å². The molecular formula is C11H14FN3O3. The molecule has 1 rings (SSSR count). The van der Waals surface area contributed by atoms with Gasteiger partial charge in [-0.25, -0.2) is 9.18 Å². The number of benzene rings is 1. The van der Waals surface area contributed by atoms with E-state index in [-0.39, 0.29) is 11.3 Å². The fraction of sp³-hybridized carbons (Fsp3) is 0.182. The summed E-state index contributed by atoms with van der Waals surface area (Å²) in [4.78, 5) is 11.3. The Hall–Kier alpha value is -2.12. The van der Waals surface area contributed by atoms with Crippen LogP contribution in [0.2, 0.25) is 0 Å². The second-order valence-corrected chi connectivity index (χ2v) is 3.21. The van der Waals surface area contributed by atoms with Gasteiger partial charge in [0, 0.05) is 11.6 Å². The van der Waals surface area contributed by atoms with Crippen LogP contribution in [0.5, 0.6) is 5.75 Å². The van der Waals surface area contributed by atoms with Crippen molar-refractivity contribution in [1.29, 1.82) is 0 Å². The highest BCUT2D eigenvalue weighted by molar-refractivity contribution is 5.92. The molecular weight excluding hydrogens is 241 g/mol. The van der Waals surface area contributed by atoms with Gasteiger partial charge in [0.15, 0.2) is 0 Å². The van der Waals surface area contributed by atoms with Crippen molar-refractivity contribution in [2.24, 2.45) is 5.84 Å². The molecule has 0 amide bonds. The molecule has 0 bridgehead atoms. The Morgan fingerprint density at radius 1 is 1.44 bits per heavy atom. The number of hydrogen-bond donors (Lipinski definition) is 3. The van der Waals surface area contributed by atoms with Crippen molar-refractivity contribution < 1.29 is 18.7 Å². The van der Waals surface area contributed by atoms with Crippen molar-refractivity contribution in [1.82, 2.24) is 11.0 Å². The molecule has 1 aromatic rings. The molecule has 0 aliphatic heterocycles. The van der Waals surface area contributed by atoms with Gasteiger partial charge in [0.05, 0.1) is 14.2 Å². The predicted octanol–water partition coefficient (Wildman–Crippen LogP) is 0.316. The fourth-order valence-corrected chi connectivity index (χ4v) is 1.24. The van der Waals surface area contributed by atoms with Crippen LogP contribution in [0.25, 0.3) is 6.08 Å². The summed E-state index contributed by atoms with van der Waals surface area (Å²) in [6.45, 7) is 0. The summed E-state index contributed by atoms with van der Waals surface area (Å²) < 4.78 is 23.0. The average Bonchev–Trinajstić information content (AvgIpc) is 2.39. The molecule has 0 saturated carbocycles. The molecule has 0 spiro atoms. The maximum absolute atomic E-state index is 13.6. The number of methoxy groups -OCH3 is 2. The Morgan fingerprint density at radius 2 is 2.17 bits per heavy atom. The zero-order chi connectivity index (χ0) is 13.5. The molecule has 0 aromatic heterocycles. The Balaban J connectivity index is 3.07. The third kappa shape index (κ3) is 3.44. The molecule has 0 heterocycles. The molecule has 0 unspecified atom stereocenters. The summed E-state index contributed by atoms with van der Waals surface area (Å²) in [6, 6.07) is 4.24. The number of nitrogens with two attached hydrogens (primary N) is 1. The zero-order valence-corrected chi connectivity index (χ0v) is 9.99. The lowest BCUT2D eigenvalue weighted by Crippen LogP contribution is -2.39. The number of rotatable bonds is 5. The summed E-state index contributed by atoms with van der Waals surface area (Å²) in [5.74, 6) is 4.21. The summed E-state index contributed by atoms with van der Waals surface area (Å²) in [5.41, 5.74) is 4.60. The van der Waals surface area contributed by atoms with Gasteiger partial charge < -0.3 is 14.9 Å². The summed E-state index contributed by atoms with van der Waals surface area (Å²) in [5, 5.41) is 0. The quantitative estimate of drug-likeness (QED) is 0.304. The highest BCUT2D eigenvalue weighted by atomic mass is 19.1. The van der Waals surface area contributed by atoms with Gasteiger partial charge in [-0.3, -0.25) is 5.84 Å². The fourth-order valence-electron chi connectivity index (χ4n) is 1.24. The van der Waals surface area contributed by atoms with Gasteiger partial charge in [-0.05, 0) is 18.2 Å². The zero-order valence-electron chi connectivity index (χ0n) is 9.99. The van der Waals surface area contributed by atoms with E-state index in [1.54, 1.807) is 6.07 Å². The van der Waals surface area contributed by atoms with Crippen molar-refractivity contribution in [3.8, 4) is 5.75 Å². The van der Waals surface area contributed by atoms with Crippen molar-refractivity contribution >= 4 is 12.0 Å². The van der Waals surface area contributed by atoms with Crippen LogP contribution in [0.4, 0.5) is 4.39 Å². The van der Waals surface area contributed by atoms with Gasteiger partial charge in [-0.2, -0.15) is 5.53 Å². The maximum atomic E-state index is 13.6. The largest absolute Gasteiger partial charge is 0.497 e. The minimum atomic E-state index is -0.678. The Kier molecular flexibility index (Phi) is 5.09. The second-order valence-electron chi connectivity index (χ2n) is 3.21. The van der Waals surface area contributed by atoms with E-state index in [4.69, 9.17) is 10.6 Å². The van der Waals surface area contributed by atoms with Gasteiger partial charge in [0.1, 0.15) is 17.3 Å².